The molecule has 0 bridgehead atoms. The molecule has 5 nitrogen and oxygen atoms in total. The topological polar surface area (TPSA) is 65.3 Å². The number of hydrogen-bond acceptors (Lipinski definition) is 3. The summed E-state index contributed by atoms with van der Waals surface area (Å²) in [5.41, 5.74) is 10.4. The van der Waals surface area contributed by atoms with Crippen molar-refractivity contribution in [1.82, 2.24) is 14.2 Å². The van der Waals surface area contributed by atoms with Crippen molar-refractivity contribution in [3.8, 4) is 11.3 Å². The van der Waals surface area contributed by atoms with Gasteiger partial charge in [-0.15, -0.1) is 0 Å². The average molecular weight is 310 g/mol. The van der Waals surface area contributed by atoms with E-state index in [0.717, 1.165) is 42.0 Å². The standard InChI is InChI=1S/C18H22N4O/c1-3-21-15(8-5-9-19)11-18(23)22-17(21)12-16(20-22)14-7-4-6-13(2)10-14/h4,6-7,10-12H,3,5,8-9,19H2,1-2H3. The molecule has 2 heterocycles. The van der Waals surface area contributed by atoms with Crippen LogP contribution in [0.25, 0.3) is 16.9 Å². The van der Waals surface area contributed by atoms with Crippen LogP contribution in [0, 0.1) is 6.92 Å². The summed E-state index contributed by atoms with van der Waals surface area (Å²) in [6.45, 7) is 5.55. The molecule has 2 aromatic heterocycles. The normalized spacial score (nSPS) is 11.3. The Bertz CT molecular complexity index is 892. The Labute approximate surface area is 135 Å². The van der Waals surface area contributed by atoms with Crippen LogP contribution in [0.15, 0.2) is 41.2 Å². The molecule has 0 aliphatic heterocycles. The zero-order valence-corrected chi connectivity index (χ0v) is 13.6. The first-order chi connectivity index (χ1) is 11.1. The van der Waals surface area contributed by atoms with Gasteiger partial charge in [0.15, 0.2) is 0 Å². The number of rotatable bonds is 5. The Morgan fingerprint density at radius 1 is 1.22 bits per heavy atom. The minimum Gasteiger partial charge on any atom is -0.330 e. The van der Waals surface area contributed by atoms with Gasteiger partial charge in [0.05, 0.1) is 5.69 Å². The van der Waals surface area contributed by atoms with E-state index in [2.05, 4.69) is 35.6 Å². The maximum Gasteiger partial charge on any atom is 0.274 e. The van der Waals surface area contributed by atoms with Gasteiger partial charge in [-0.2, -0.15) is 9.61 Å². The maximum atomic E-state index is 12.4. The van der Waals surface area contributed by atoms with Crippen LogP contribution in [0.3, 0.4) is 0 Å². The largest absolute Gasteiger partial charge is 0.330 e. The van der Waals surface area contributed by atoms with E-state index in [1.807, 2.05) is 18.2 Å². The molecule has 0 radical (unpaired) electrons. The lowest BCUT2D eigenvalue weighted by molar-refractivity contribution is 0.669. The highest BCUT2D eigenvalue weighted by Crippen LogP contribution is 2.21. The number of fused-ring (bicyclic) bond motifs is 1. The Kier molecular flexibility index (Phi) is 4.30. The van der Waals surface area contributed by atoms with Crippen molar-refractivity contribution >= 4 is 5.65 Å². The Morgan fingerprint density at radius 3 is 2.74 bits per heavy atom. The highest BCUT2D eigenvalue weighted by molar-refractivity contribution is 5.65. The van der Waals surface area contributed by atoms with Gasteiger partial charge in [0.25, 0.3) is 5.56 Å². The van der Waals surface area contributed by atoms with Gasteiger partial charge < -0.3 is 10.3 Å². The summed E-state index contributed by atoms with van der Waals surface area (Å²) in [6.07, 6.45) is 1.68. The van der Waals surface area contributed by atoms with E-state index in [0.29, 0.717) is 6.54 Å². The zero-order valence-electron chi connectivity index (χ0n) is 13.6. The molecule has 0 saturated carbocycles. The summed E-state index contributed by atoms with van der Waals surface area (Å²) in [7, 11) is 0. The monoisotopic (exact) mass is 310 g/mol. The Hall–Kier alpha value is -2.40. The van der Waals surface area contributed by atoms with Crippen LogP contribution in [0.2, 0.25) is 0 Å². The lowest BCUT2D eigenvalue weighted by atomic mass is 10.1. The molecule has 5 heteroatoms. The van der Waals surface area contributed by atoms with E-state index in [1.54, 1.807) is 6.07 Å². The molecule has 3 rings (SSSR count). The fourth-order valence-electron chi connectivity index (χ4n) is 2.96. The number of hydrogen-bond donors (Lipinski definition) is 1. The van der Waals surface area contributed by atoms with Gasteiger partial charge in [-0.05, 0) is 39.3 Å². The Balaban J connectivity index is 2.18. The summed E-state index contributed by atoms with van der Waals surface area (Å²) in [5, 5.41) is 4.51. The van der Waals surface area contributed by atoms with Crippen LogP contribution < -0.4 is 11.3 Å². The van der Waals surface area contributed by atoms with Gasteiger partial charge in [0.2, 0.25) is 0 Å². The fourth-order valence-corrected chi connectivity index (χ4v) is 2.96. The van der Waals surface area contributed by atoms with Crippen LogP contribution in [-0.4, -0.2) is 20.7 Å². The minimum absolute atomic E-state index is 0.0874. The molecule has 2 N–H and O–H groups in total. The third kappa shape index (κ3) is 2.92. The predicted octanol–water partition coefficient (Wildman–Crippen LogP) is 2.38. The molecule has 0 unspecified atom stereocenters. The highest BCUT2D eigenvalue weighted by Gasteiger charge is 2.12. The summed E-state index contributed by atoms with van der Waals surface area (Å²) < 4.78 is 3.64. The van der Waals surface area contributed by atoms with Crippen LogP contribution >= 0.6 is 0 Å². The quantitative estimate of drug-likeness (QED) is 0.787. The van der Waals surface area contributed by atoms with Gasteiger partial charge in [-0.1, -0.05) is 23.8 Å². The predicted molar refractivity (Wildman–Crippen MR) is 92.7 cm³/mol. The van der Waals surface area contributed by atoms with Crippen molar-refractivity contribution in [3.05, 3.63) is 58.0 Å². The zero-order chi connectivity index (χ0) is 16.4. The number of aromatic nitrogens is 3. The molecule has 3 aromatic rings. The molecule has 0 aliphatic rings. The molecule has 0 aliphatic carbocycles. The first kappa shape index (κ1) is 15.5. The number of nitrogens with zero attached hydrogens (tertiary/aromatic N) is 3. The van der Waals surface area contributed by atoms with Gasteiger partial charge >= 0.3 is 0 Å². The van der Waals surface area contributed by atoms with E-state index in [9.17, 15) is 4.79 Å². The smallest absolute Gasteiger partial charge is 0.274 e. The molecule has 0 spiro atoms. The van der Waals surface area contributed by atoms with Gasteiger partial charge in [0, 0.05) is 29.9 Å². The maximum absolute atomic E-state index is 12.4. The molecule has 1 aromatic carbocycles. The van der Waals surface area contributed by atoms with Gasteiger partial charge in [-0.3, -0.25) is 4.79 Å². The van der Waals surface area contributed by atoms with E-state index < -0.39 is 0 Å². The van der Waals surface area contributed by atoms with Crippen LogP contribution in [0.5, 0.6) is 0 Å². The van der Waals surface area contributed by atoms with E-state index in [-0.39, 0.29) is 5.56 Å². The number of aryl methyl sites for hydroxylation is 3. The third-order valence-corrected chi connectivity index (χ3v) is 4.08. The van der Waals surface area contributed by atoms with Gasteiger partial charge in [0.1, 0.15) is 5.65 Å². The highest BCUT2D eigenvalue weighted by atomic mass is 16.1. The van der Waals surface area contributed by atoms with E-state index in [4.69, 9.17) is 5.73 Å². The fraction of sp³-hybridized carbons (Fsp3) is 0.333. The first-order valence-electron chi connectivity index (χ1n) is 8.03. The minimum atomic E-state index is -0.0874. The van der Waals surface area contributed by atoms with Crippen molar-refractivity contribution < 1.29 is 0 Å². The van der Waals surface area contributed by atoms with Crippen LogP contribution in [-0.2, 0) is 13.0 Å². The summed E-state index contributed by atoms with van der Waals surface area (Å²) in [5.74, 6) is 0. The second-order valence-electron chi connectivity index (χ2n) is 5.78. The van der Waals surface area contributed by atoms with Crippen LogP contribution in [0.4, 0.5) is 0 Å². The molecule has 0 amide bonds. The van der Waals surface area contributed by atoms with Gasteiger partial charge in [-0.25, -0.2) is 0 Å². The summed E-state index contributed by atoms with van der Waals surface area (Å²) in [4.78, 5) is 12.4. The lowest BCUT2D eigenvalue weighted by Gasteiger charge is -2.12. The van der Waals surface area contributed by atoms with E-state index in [1.165, 1.54) is 10.1 Å². The molecule has 0 atom stereocenters. The van der Waals surface area contributed by atoms with Crippen molar-refractivity contribution in [2.75, 3.05) is 6.54 Å². The third-order valence-electron chi connectivity index (χ3n) is 4.08. The number of benzene rings is 1. The molecular weight excluding hydrogens is 288 g/mol. The molecule has 23 heavy (non-hydrogen) atoms. The number of nitrogens with two attached hydrogens (primary N) is 1. The van der Waals surface area contributed by atoms with Crippen molar-refractivity contribution in [2.24, 2.45) is 5.73 Å². The molecular formula is C18H22N4O. The van der Waals surface area contributed by atoms with Crippen molar-refractivity contribution in [1.29, 1.82) is 0 Å². The Morgan fingerprint density at radius 2 is 2.04 bits per heavy atom. The van der Waals surface area contributed by atoms with Crippen molar-refractivity contribution in [3.63, 3.8) is 0 Å². The van der Waals surface area contributed by atoms with Crippen LogP contribution in [0.1, 0.15) is 24.6 Å². The molecule has 0 fully saturated rings. The summed E-state index contributed by atoms with van der Waals surface area (Å²) in [6, 6.07) is 11.8. The average Bonchev–Trinajstić information content (AvgIpc) is 2.99. The molecule has 0 saturated heterocycles. The first-order valence-corrected chi connectivity index (χ1v) is 8.03. The summed E-state index contributed by atoms with van der Waals surface area (Å²) >= 11 is 0. The second-order valence-corrected chi connectivity index (χ2v) is 5.78. The second kappa shape index (κ2) is 6.38. The molecule has 120 valence electrons. The van der Waals surface area contributed by atoms with E-state index >= 15 is 0 Å². The lowest BCUT2D eigenvalue weighted by Crippen LogP contribution is -2.21. The van der Waals surface area contributed by atoms with Crippen molar-refractivity contribution in [2.45, 2.75) is 33.2 Å². The SMILES string of the molecule is CCn1c(CCCN)cc(=O)n2nc(-c3cccc(C)c3)cc12.